The zero-order chi connectivity index (χ0) is 48.1. The Morgan fingerprint density at radius 3 is 1.32 bits per heavy atom. The third-order valence-electron chi connectivity index (χ3n) is 13.6. The molecule has 1 aliphatic heterocycles. The van der Waals surface area contributed by atoms with Gasteiger partial charge in [-0.2, -0.15) is 0 Å². The Kier molecular flexibility index (Phi) is 43.7. The van der Waals surface area contributed by atoms with Gasteiger partial charge >= 0.3 is 0 Å². The summed E-state index contributed by atoms with van der Waals surface area (Å²) in [4.78, 5) is 13.1. The van der Waals surface area contributed by atoms with Crippen LogP contribution in [0, 0.1) is 0 Å². The van der Waals surface area contributed by atoms with Gasteiger partial charge in [-0.25, -0.2) is 0 Å². The molecule has 0 spiro atoms. The Balaban J connectivity index is 2.27. The number of unbranched alkanes of at least 4 members (excludes halogenated alkanes) is 35. The summed E-state index contributed by atoms with van der Waals surface area (Å²) in [5.74, 6) is -0.621. The molecule has 390 valence electrons. The maximum Gasteiger partial charge on any atom is 0.249 e. The van der Waals surface area contributed by atoms with Crippen LogP contribution in [0.3, 0.4) is 0 Å². The van der Waals surface area contributed by atoms with E-state index in [4.69, 9.17) is 9.47 Å². The minimum Gasteiger partial charge on any atom is -0.394 e. The van der Waals surface area contributed by atoms with E-state index < -0.39 is 61.5 Å². The molecule has 1 aliphatic rings. The van der Waals surface area contributed by atoms with Gasteiger partial charge < -0.3 is 45.4 Å². The predicted octanol–water partition coefficient (Wildman–Crippen LogP) is 12.4. The van der Waals surface area contributed by atoms with Gasteiger partial charge in [-0.05, 0) is 32.1 Å². The maximum absolute atomic E-state index is 13.1. The highest BCUT2D eigenvalue weighted by molar-refractivity contribution is 5.80. The quantitative estimate of drug-likeness (QED) is 0.0232. The fourth-order valence-corrected chi connectivity index (χ4v) is 9.06. The van der Waals surface area contributed by atoms with Crippen LogP contribution in [0.25, 0.3) is 0 Å². The molecular formula is C56H107NO9. The lowest BCUT2D eigenvalue weighted by Crippen LogP contribution is -2.60. The number of rotatable bonds is 48. The van der Waals surface area contributed by atoms with E-state index in [1.807, 2.05) is 6.08 Å². The molecule has 0 radical (unpaired) electrons. The summed E-state index contributed by atoms with van der Waals surface area (Å²) in [7, 11) is 0. The second kappa shape index (κ2) is 46.0. The van der Waals surface area contributed by atoms with Gasteiger partial charge in [-0.3, -0.25) is 4.79 Å². The first-order chi connectivity index (χ1) is 32.3. The summed E-state index contributed by atoms with van der Waals surface area (Å²) >= 11 is 0. The number of ether oxygens (including phenoxy) is 2. The highest BCUT2D eigenvalue weighted by Crippen LogP contribution is 2.23. The summed E-state index contributed by atoms with van der Waals surface area (Å²) in [6.45, 7) is 3.62. The van der Waals surface area contributed by atoms with Crippen molar-refractivity contribution in [3.05, 3.63) is 24.3 Å². The van der Waals surface area contributed by atoms with Gasteiger partial charge in [-0.1, -0.05) is 256 Å². The average molecular weight is 938 g/mol. The summed E-state index contributed by atoms with van der Waals surface area (Å²) in [5.41, 5.74) is 0. The van der Waals surface area contributed by atoms with Gasteiger partial charge in [0.05, 0.1) is 25.4 Å². The Morgan fingerprint density at radius 1 is 0.515 bits per heavy atom. The largest absolute Gasteiger partial charge is 0.394 e. The second-order valence-electron chi connectivity index (χ2n) is 19.9. The molecule has 8 atom stereocenters. The molecule has 8 unspecified atom stereocenters. The number of hydrogen-bond donors (Lipinski definition) is 7. The number of allylic oxidation sites excluding steroid dienone is 3. The summed E-state index contributed by atoms with van der Waals surface area (Å²) < 4.78 is 11.2. The molecule has 1 saturated heterocycles. The minimum atomic E-state index is -1.61. The Labute approximate surface area is 405 Å². The van der Waals surface area contributed by atoms with Gasteiger partial charge in [0.15, 0.2) is 6.29 Å². The molecule has 0 aromatic rings. The zero-order valence-electron chi connectivity index (χ0n) is 42.8. The molecule has 10 nitrogen and oxygen atoms in total. The standard InChI is InChI=1S/C56H107NO9/c1-3-5-7-9-11-13-15-17-19-21-22-23-24-25-26-27-28-29-31-33-35-37-39-41-43-45-50(60)55(64)57-48(47-65-56-54(63)53(62)52(61)51(46-58)66-56)49(59)44-42-40-38-36-34-32-30-20-18-16-14-12-10-8-6-4-2/h34,36,42,44,48-54,56,58-63H,3-33,35,37-41,43,45-47H2,1-2H3,(H,57,64)/b36-34+,44-42+. The molecule has 1 heterocycles. The number of carbonyl (C=O) groups is 1. The van der Waals surface area contributed by atoms with Crippen molar-refractivity contribution >= 4 is 5.91 Å². The van der Waals surface area contributed by atoms with Crippen LogP contribution < -0.4 is 5.32 Å². The fraction of sp³-hybridized carbons (Fsp3) is 0.911. The summed E-state index contributed by atoms with van der Waals surface area (Å²) in [5, 5.41) is 64.9. The molecule has 1 rings (SSSR count). The molecule has 0 aliphatic carbocycles. The molecule has 1 fully saturated rings. The Morgan fingerprint density at radius 2 is 0.894 bits per heavy atom. The molecule has 0 aromatic heterocycles. The molecule has 0 saturated carbocycles. The Bertz CT molecular complexity index is 1110. The van der Waals surface area contributed by atoms with Gasteiger partial charge in [-0.15, -0.1) is 0 Å². The van der Waals surface area contributed by atoms with Crippen molar-refractivity contribution in [2.75, 3.05) is 13.2 Å². The lowest BCUT2D eigenvalue weighted by atomic mass is 9.99. The number of aliphatic hydroxyl groups is 6. The van der Waals surface area contributed by atoms with Crippen molar-refractivity contribution in [2.45, 2.75) is 313 Å². The minimum absolute atomic E-state index is 0.308. The topological polar surface area (TPSA) is 169 Å². The maximum atomic E-state index is 13.1. The summed E-state index contributed by atoms with van der Waals surface area (Å²) in [6, 6.07) is -0.994. The monoisotopic (exact) mass is 938 g/mol. The zero-order valence-corrected chi connectivity index (χ0v) is 42.8. The highest BCUT2D eigenvalue weighted by Gasteiger charge is 2.44. The number of carbonyl (C=O) groups excluding carboxylic acids is 1. The Hall–Kier alpha value is -1.37. The van der Waals surface area contributed by atoms with Crippen LogP contribution in [0.4, 0.5) is 0 Å². The van der Waals surface area contributed by atoms with Crippen LogP contribution in [0.1, 0.15) is 264 Å². The number of amides is 1. The van der Waals surface area contributed by atoms with Crippen molar-refractivity contribution in [3.63, 3.8) is 0 Å². The SMILES string of the molecule is CCCCCCCCCCCC/C=C/CC/C=C/C(O)C(COC1OC(CO)C(O)C(O)C1O)NC(=O)C(O)CCCCCCCCCCCCCCCCCCCCCCCCCCC. The van der Waals surface area contributed by atoms with Crippen molar-refractivity contribution < 1.29 is 44.9 Å². The van der Waals surface area contributed by atoms with Gasteiger partial charge in [0.25, 0.3) is 0 Å². The van der Waals surface area contributed by atoms with E-state index in [1.54, 1.807) is 6.08 Å². The van der Waals surface area contributed by atoms with Gasteiger partial charge in [0.2, 0.25) is 5.91 Å². The molecular weight excluding hydrogens is 831 g/mol. The first kappa shape index (κ1) is 62.6. The van der Waals surface area contributed by atoms with E-state index in [9.17, 15) is 35.4 Å². The van der Waals surface area contributed by atoms with Crippen LogP contribution in [-0.2, 0) is 14.3 Å². The van der Waals surface area contributed by atoms with Crippen LogP contribution in [0.5, 0.6) is 0 Å². The second-order valence-corrected chi connectivity index (χ2v) is 19.9. The van der Waals surface area contributed by atoms with E-state index in [1.165, 1.54) is 199 Å². The third kappa shape index (κ3) is 34.8. The van der Waals surface area contributed by atoms with Gasteiger partial charge in [0, 0.05) is 0 Å². The number of hydrogen-bond acceptors (Lipinski definition) is 9. The molecule has 7 N–H and O–H groups in total. The lowest BCUT2D eigenvalue weighted by molar-refractivity contribution is -0.302. The van der Waals surface area contributed by atoms with Crippen molar-refractivity contribution in [3.8, 4) is 0 Å². The van der Waals surface area contributed by atoms with E-state index in [2.05, 4.69) is 31.3 Å². The van der Waals surface area contributed by atoms with E-state index >= 15 is 0 Å². The van der Waals surface area contributed by atoms with Gasteiger partial charge in [0.1, 0.15) is 30.5 Å². The number of aliphatic hydroxyl groups excluding tert-OH is 6. The summed E-state index contributed by atoms with van der Waals surface area (Å²) in [6.07, 6.45) is 47.1. The molecule has 10 heteroatoms. The van der Waals surface area contributed by atoms with E-state index in [0.717, 1.165) is 38.5 Å². The average Bonchev–Trinajstić information content (AvgIpc) is 3.32. The molecule has 0 bridgehead atoms. The smallest absolute Gasteiger partial charge is 0.249 e. The van der Waals surface area contributed by atoms with E-state index in [-0.39, 0.29) is 6.61 Å². The number of nitrogens with one attached hydrogen (secondary N) is 1. The van der Waals surface area contributed by atoms with E-state index in [0.29, 0.717) is 12.8 Å². The van der Waals surface area contributed by atoms with Crippen molar-refractivity contribution in [1.29, 1.82) is 0 Å². The third-order valence-corrected chi connectivity index (χ3v) is 13.6. The molecule has 0 aromatic carbocycles. The fourth-order valence-electron chi connectivity index (χ4n) is 9.06. The first-order valence-corrected chi connectivity index (χ1v) is 28.2. The first-order valence-electron chi connectivity index (χ1n) is 28.2. The van der Waals surface area contributed by atoms with Crippen molar-refractivity contribution in [1.82, 2.24) is 5.32 Å². The van der Waals surface area contributed by atoms with Crippen LogP contribution in [-0.4, -0.2) is 98.7 Å². The normalized spacial score (nSPS) is 20.4. The highest BCUT2D eigenvalue weighted by atomic mass is 16.7. The van der Waals surface area contributed by atoms with Crippen LogP contribution in [0.2, 0.25) is 0 Å². The molecule has 1 amide bonds. The van der Waals surface area contributed by atoms with Crippen molar-refractivity contribution in [2.24, 2.45) is 0 Å². The van der Waals surface area contributed by atoms with Crippen LogP contribution >= 0.6 is 0 Å². The van der Waals surface area contributed by atoms with Crippen LogP contribution in [0.15, 0.2) is 24.3 Å². The lowest BCUT2D eigenvalue weighted by Gasteiger charge is -2.40. The molecule has 66 heavy (non-hydrogen) atoms. The predicted molar refractivity (Wildman–Crippen MR) is 273 cm³/mol.